The van der Waals surface area contributed by atoms with Gasteiger partial charge in [0.15, 0.2) is 0 Å². The number of aryl methyl sites for hydroxylation is 2. The number of nitrogens with zero attached hydrogens (tertiary/aromatic N) is 2. The lowest BCUT2D eigenvalue weighted by Crippen LogP contribution is -2.39. The van der Waals surface area contributed by atoms with Gasteiger partial charge in [-0.15, -0.1) is 6.42 Å². The van der Waals surface area contributed by atoms with Gasteiger partial charge < -0.3 is 5.73 Å². The van der Waals surface area contributed by atoms with Crippen molar-refractivity contribution in [2.75, 3.05) is 0 Å². The molecule has 0 radical (unpaired) electrons. The van der Waals surface area contributed by atoms with E-state index in [0.29, 0.717) is 5.84 Å². The van der Waals surface area contributed by atoms with E-state index >= 15 is 0 Å². The second-order valence-electron chi connectivity index (χ2n) is 4.83. The second kappa shape index (κ2) is 4.77. The van der Waals surface area contributed by atoms with Gasteiger partial charge in [-0.25, -0.2) is 4.79 Å². The molecule has 0 saturated heterocycles. The lowest BCUT2D eigenvalue weighted by Gasteiger charge is -2.28. The summed E-state index contributed by atoms with van der Waals surface area (Å²) in [4.78, 5) is 17.3. The minimum Gasteiger partial charge on any atom is -0.385 e. The Hall–Kier alpha value is -2.28. The molecule has 2 rings (SSSR count). The van der Waals surface area contributed by atoms with E-state index in [2.05, 4.69) is 10.9 Å². The molecule has 4 heteroatoms. The summed E-state index contributed by atoms with van der Waals surface area (Å²) in [6, 6.07) is 4.99. The lowest BCUT2D eigenvalue weighted by molar-refractivity contribution is 0.199. The monoisotopic (exact) mass is 255 g/mol. The normalized spacial score (nSPS) is 20.1. The van der Waals surface area contributed by atoms with Gasteiger partial charge in [-0.05, 0) is 31.9 Å². The van der Waals surface area contributed by atoms with Crippen molar-refractivity contribution in [3.05, 3.63) is 34.9 Å². The molecule has 4 nitrogen and oxygen atoms in total. The summed E-state index contributed by atoms with van der Waals surface area (Å²) in [7, 11) is 0. The van der Waals surface area contributed by atoms with Crippen LogP contribution < -0.4 is 5.73 Å². The Bertz CT molecular complexity index is 598. The first-order valence-corrected chi connectivity index (χ1v) is 6.15. The molecule has 2 atom stereocenters. The molecule has 1 aliphatic rings. The standard InChI is InChI=1S/C15H17N3O/c1-5-11(4)18-13(14(16)17-15(18)19)12-8-9(2)6-7-10(12)3/h1,6-8,11,13H,2-4H3,(H2,16,17,19). The van der Waals surface area contributed by atoms with Crippen LogP contribution in [0.2, 0.25) is 0 Å². The molecule has 0 spiro atoms. The van der Waals surface area contributed by atoms with Gasteiger partial charge in [-0.2, -0.15) is 4.99 Å². The van der Waals surface area contributed by atoms with Crippen molar-refractivity contribution in [2.24, 2.45) is 10.7 Å². The van der Waals surface area contributed by atoms with Gasteiger partial charge in [0, 0.05) is 0 Å². The zero-order valence-corrected chi connectivity index (χ0v) is 11.3. The van der Waals surface area contributed by atoms with Crippen LogP contribution in [0.1, 0.15) is 29.7 Å². The largest absolute Gasteiger partial charge is 0.385 e. The predicted octanol–water partition coefficient (Wildman–Crippen LogP) is 2.16. The van der Waals surface area contributed by atoms with Crippen molar-refractivity contribution < 1.29 is 4.79 Å². The van der Waals surface area contributed by atoms with E-state index in [4.69, 9.17) is 12.2 Å². The number of carbonyl (C=O) groups is 1. The maximum atomic E-state index is 11.9. The van der Waals surface area contributed by atoms with Crippen LogP contribution in [0.4, 0.5) is 4.79 Å². The van der Waals surface area contributed by atoms with E-state index in [1.807, 2.05) is 32.0 Å². The molecule has 0 aromatic heterocycles. The maximum absolute atomic E-state index is 11.9. The van der Waals surface area contributed by atoms with E-state index in [0.717, 1.165) is 16.7 Å². The van der Waals surface area contributed by atoms with Crippen LogP contribution in [0.25, 0.3) is 0 Å². The van der Waals surface area contributed by atoms with Gasteiger partial charge in [-0.3, -0.25) is 4.90 Å². The number of carbonyl (C=O) groups excluding carboxylic acids is 1. The summed E-state index contributed by atoms with van der Waals surface area (Å²) in [6.07, 6.45) is 5.43. The first-order valence-electron chi connectivity index (χ1n) is 6.15. The van der Waals surface area contributed by atoms with Crippen molar-refractivity contribution in [2.45, 2.75) is 32.9 Å². The minimum absolute atomic E-state index is 0.306. The number of rotatable bonds is 2. The topological polar surface area (TPSA) is 58.7 Å². The molecule has 2 amide bonds. The van der Waals surface area contributed by atoms with Crippen molar-refractivity contribution >= 4 is 11.9 Å². The van der Waals surface area contributed by atoms with Gasteiger partial charge >= 0.3 is 6.03 Å². The Morgan fingerprint density at radius 2 is 2.16 bits per heavy atom. The second-order valence-corrected chi connectivity index (χ2v) is 4.83. The molecule has 98 valence electrons. The van der Waals surface area contributed by atoms with Gasteiger partial charge in [0.2, 0.25) is 0 Å². The fourth-order valence-corrected chi connectivity index (χ4v) is 2.32. The van der Waals surface area contributed by atoms with Gasteiger partial charge in [-0.1, -0.05) is 29.7 Å². The summed E-state index contributed by atoms with van der Waals surface area (Å²) < 4.78 is 0. The first-order chi connectivity index (χ1) is 8.95. The predicted molar refractivity (Wildman–Crippen MR) is 75.8 cm³/mol. The summed E-state index contributed by atoms with van der Waals surface area (Å²) in [5.74, 6) is 2.87. The van der Waals surface area contributed by atoms with Gasteiger partial charge in [0.25, 0.3) is 0 Å². The van der Waals surface area contributed by atoms with E-state index < -0.39 is 0 Å². The fourth-order valence-electron chi connectivity index (χ4n) is 2.32. The SMILES string of the molecule is C#CC(C)N1C(=O)N=C(N)C1c1cc(C)ccc1C. The highest BCUT2D eigenvalue weighted by molar-refractivity contribution is 6.03. The van der Waals surface area contributed by atoms with Crippen LogP contribution in [0.15, 0.2) is 23.2 Å². The van der Waals surface area contributed by atoms with Crippen LogP contribution >= 0.6 is 0 Å². The highest BCUT2D eigenvalue weighted by atomic mass is 16.2. The molecule has 0 aliphatic carbocycles. The molecule has 0 saturated carbocycles. The van der Waals surface area contributed by atoms with Crippen LogP contribution in [0.3, 0.4) is 0 Å². The molecule has 2 N–H and O–H groups in total. The number of amidine groups is 1. The van der Waals surface area contributed by atoms with Gasteiger partial charge in [0.1, 0.15) is 11.9 Å². The van der Waals surface area contributed by atoms with Crippen molar-refractivity contribution in [1.82, 2.24) is 4.90 Å². The number of urea groups is 1. The molecule has 19 heavy (non-hydrogen) atoms. The lowest BCUT2D eigenvalue weighted by atomic mass is 9.97. The third kappa shape index (κ3) is 2.19. The summed E-state index contributed by atoms with van der Waals surface area (Å²) >= 11 is 0. The molecule has 0 fully saturated rings. The number of aliphatic imine (C=N–C) groups is 1. The van der Waals surface area contributed by atoms with Crippen LogP contribution in [0, 0.1) is 26.2 Å². The number of nitrogens with two attached hydrogens (primary N) is 1. The molecule has 2 unspecified atom stereocenters. The number of hydrogen-bond donors (Lipinski definition) is 1. The van der Waals surface area contributed by atoms with E-state index in [-0.39, 0.29) is 18.1 Å². The maximum Gasteiger partial charge on any atom is 0.347 e. The molecule has 0 bridgehead atoms. The third-order valence-electron chi connectivity index (χ3n) is 3.39. The quantitative estimate of drug-likeness (QED) is 0.823. The highest BCUT2D eigenvalue weighted by Crippen LogP contribution is 2.31. The Kier molecular flexibility index (Phi) is 3.30. The average Bonchev–Trinajstić information content (AvgIpc) is 2.66. The summed E-state index contributed by atoms with van der Waals surface area (Å²) in [5, 5.41) is 0. The van der Waals surface area contributed by atoms with E-state index in [1.54, 1.807) is 11.8 Å². The molecule has 1 aromatic rings. The summed E-state index contributed by atoms with van der Waals surface area (Å²) in [6.45, 7) is 5.79. The third-order valence-corrected chi connectivity index (χ3v) is 3.39. The zero-order chi connectivity index (χ0) is 14.2. The van der Waals surface area contributed by atoms with E-state index in [9.17, 15) is 4.79 Å². The van der Waals surface area contributed by atoms with Crippen molar-refractivity contribution in [1.29, 1.82) is 0 Å². The fraction of sp³-hybridized carbons (Fsp3) is 0.333. The van der Waals surface area contributed by atoms with Crippen LogP contribution in [-0.2, 0) is 0 Å². The molecular formula is C15H17N3O. The Morgan fingerprint density at radius 3 is 2.79 bits per heavy atom. The summed E-state index contributed by atoms with van der Waals surface area (Å²) in [5.41, 5.74) is 9.08. The molecule has 1 aliphatic heterocycles. The van der Waals surface area contributed by atoms with Crippen molar-refractivity contribution in [3.63, 3.8) is 0 Å². The number of hydrogen-bond acceptors (Lipinski definition) is 2. The Morgan fingerprint density at radius 1 is 1.47 bits per heavy atom. The molecule has 1 heterocycles. The number of amides is 2. The number of benzene rings is 1. The average molecular weight is 255 g/mol. The zero-order valence-electron chi connectivity index (χ0n) is 11.3. The minimum atomic E-state index is -0.367. The number of terminal acetylenes is 1. The van der Waals surface area contributed by atoms with Crippen LogP contribution in [-0.4, -0.2) is 22.8 Å². The molecule has 1 aromatic carbocycles. The van der Waals surface area contributed by atoms with Gasteiger partial charge in [0.05, 0.1) is 6.04 Å². The Labute approximate surface area is 113 Å². The Balaban J connectivity index is 2.52. The van der Waals surface area contributed by atoms with Crippen LogP contribution in [0.5, 0.6) is 0 Å². The van der Waals surface area contributed by atoms with Crippen molar-refractivity contribution in [3.8, 4) is 12.3 Å². The molecular weight excluding hydrogens is 238 g/mol. The smallest absolute Gasteiger partial charge is 0.347 e. The van der Waals surface area contributed by atoms with E-state index in [1.165, 1.54) is 0 Å². The highest BCUT2D eigenvalue weighted by Gasteiger charge is 2.37. The first kappa shape index (κ1) is 13.2.